The third kappa shape index (κ3) is 2.57. The largest absolute Gasteiger partial charge is 0.373 e. The molecular formula is C21H29NO2. The molecule has 4 rings (SSSR count). The minimum Gasteiger partial charge on any atom is -0.373 e. The van der Waals surface area contributed by atoms with E-state index in [4.69, 9.17) is 4.74 Å². The van der Waals surface area contributed by atoms with Crippen LogP contribution in [0.25, 0.3) is 0 Å². The number of rotatable bonds is 1. The highest BCUT2D eigenvalue weighted by Gasteiger charge is 2.50. The summed E-state index contributed by atoms with van der Waals surface area (Å²) in [6.45, 7) is 9.30. The van der Waals surface area contributed by atoms with Crippen molar-refractivity contribution in [2.75, 3.05) is 11.5 Å². The molecule has 3 atom stereocenters. The Bertz CT molecular complexity index is 656. The molecule has 0 spiro atoms. The van der Waals surface area contributed by atoms with Crippen molar-refractivity contribution in [1.82, 2.24) is 0 Å². The van der Waals surface area contributed by atoms with Crippen LogP contribution in [-0.4, -0.2) is 18.6 Å². The maximum atomic E-state index is 12.5. The Morgan fingerprint density at radius 1 is 1.21 bits per heavy atom. The molecule has 0 N–H and O–H groups in total. The number of nitrogens with zero attached hydrogens (tertiary/aromatic N) is 1. The van der Waals surface area contributed by atoms with Gasteiger partial charge < -0.3 is 9.64 Å². The van der Waals surface area contributed by atoms with Gasteiger partial charge in [0.1, 0.15) is 0 Å². The first-order valence-corrected chi connectivity index (χ1v) is 9.44. The van der Waals surface area contributed by atoms with Gasteiger partial charge >= 0.3 is 0 Å². The van der Waals surface area contributed by atoms with Crippen LogP contribution in [0.15, 0.2) is 18.2 Å². The first kappa shape index (κ1) is 16.1. The van der Waals surface area contributed by atoms with Crippen molar-refractivity contribution in [2.24, 2.45) is 11.8 Å². The molecule has 0 bridgehead atoms. The highest BCUT2D eigenvalue weighted by molar-refractivity contribution is 5.94. The van der Waals surface area contributed by atoms with Gasteiger partial charge in [0.25, 0.3) is 0 Å². The first-order chi connectivity index (χ1) is 11.4. The number of anilines is 1. The third-order valence-electron chi connectivity index (χ3n) is 6.01. The molecule has 3 heteroatoms. The highest BCUT2D eigenvalue weighted by atomic mass is 16.5. The number of benzene rings is 1. The van der Waals surface area contributed by atoms with Crippen molar-refractivity contribution in [3.05, 3.63) is 29.3 Å². The van der Waals surface area contributed by atoms with Crippen LogP contribution in [0.2, 0.25) is 0 Å². The number of carbonyl (C=O) groups excluding carboxylic acids is 1. The van der Waals surface area contributed by atoms with E-state index in [1.54, 1.807) is 6.92 Å². The van der Waals surface area contributed by atoms with Crippen LogP contribution in [0, 0.1) is 11.8 Å². The van der Waals surface area contributed by atoms with Crippen molar-refractivity contribution in [3.8, 4) is 0 Å². The van der Waals surface area contributed by atoms with E-state index in [0.717, 1.165) is 18.7 Å². The van der Waals surface area contributed by atoms with Crippen LogP contribution < -0.4 is 4.90 Å². The van der Waals surface area contributed by atoms with E-state index in [2.05, 4.69) is 43.9 Å². The maximum Gasteiger partial charge on any atom is 0.224 e. The fraction of sp³-hybridized carbons (Fsp3) is 0.667. The molecule has 2 heterocycles. The average Bonchev–Trinajstić information content (AvgIpc) is 3.36. The van der Waals surface area contributed by atoms with Gasteiger partial charge in [0.15, 0.2) is 0 Å². The molecule has 0 radical (unpaired) electrons. The number of hydrogen-bond acceptors (Lipinski definition) is 2. The van der Waals surface area contributed by atoms with E-state index < -0.39 is 0 Å². The van der Waals surface area contributed by atoms with Crippen molar-refractivity contribution in [3.63, 3.8) is 0 Å². The minimum absolute atomic E-state index is 0.105. The summed E-state index contributed by atoms with van der Waals surface area (Å²) in [6.07, 6.45) is 4.97. The van der Waals surface area contributed by atoms with Crippen molar-refractivity contribution >= 4 is 11.6 Å². The van der Waals surface area contributed by atoms with Gasteiger partial charge in [-0.2, -0.15) is 0 Å². The van der Waals surface area contributed by atoms with Crippen molar-refractivity contribution < 1.29 is 9.53 Å². The van der Waals surface area contributed by atoms with Crippen LogP contribution >= 0.6 is 0 Å². The second-order valence-electron chi connectivity index (χ2n) is 8.84. The molecule has 3 aliphatic rings. The quantitative estimate of drug-likeness (QED) is 0.754. The summed E-state index contributed by atoms with van der Waals surface area (Å²) in [4.78, 5) is 14.7. The maximum absolute atomic E-state index is 12.5. The average molecular weight is 327 g/mol. The molecule has 1 aliphatic carbocycles. The smallest absolute Gasteiger partial charge is 0.224 e. The van der Waals surface area contributed by atoms with E-state index in [-0.39, 0.29) is 17.4 Å². The third-order valence-corrected chi connectivity index (χ3v) is 6.01. The SMILES string of the molecule is CC(=O)N1c2ccc(C(C)(C)C)cc2[C@H]2OCCC[C@H]2[C@H]1C1CC1. The molecule has 1 saturated carbocycles. The van der Waals surface area contributed by atoms with Gasteiger partial charge in [0.05, 0.1) is 6.10 Å². The Balaban J connectivity index is 1.86. The Morgan fingerprint density at radius 3 is 2.58 bits per heavy atom. The number of fused-ring (bicyclic) bond motifs is 3. The standard InChI is InChI=1S/C21H29NO2/c1-13(23)22-18-10-9-15(21(2,3)4)12-17(18)20-16(6-5-11-24-20)19(22)14-7-8-14/h9-10,12,14,16,19-20H,5-8,11H2,1-4H3/t16-,19+,20-/m0/s1. The van der Waals surface area contributed by atoms with Gasteiger partial charge in [-0.05, 0) is 48.6 Å². The van der Waals surface area contributed by atoms with Gasteiger partial charge in [-0.25, -0.2) is 0 Å². The highest BCUT2D eigenvalue weighted by Crippen LogP contribution is 2.53. The van der Waals surface area contributed by atoms with E-state index in [0.29, 0.717) is 17.9 Å². The molecule has 0 unspecified atom stereocenters. The monoisotopic (exact) mass is 327 g/mol. The van der Waals surface area contributed by atoms with E-state index in [1.165, 1.54) is 30.4 Å². The van der Waals surface area contributed by atoms with Gasteiger partial charge in [-0.3, -0.25) is 4.79 Å². The Kier molecular flexibility index (Phi) is 3.76. The lowest BCUT2D eigenvalue weighted by Gasteiger charge is -2.48. The normalized spacial score (nSPS) is 29.8. The molecule has 24 heavy (non-hydrogen) atoms. The number of carbonyl (C=O) groups is 1. The van der Waals surface area contributed by atoms with Crippen LogP contribution in [0.3, 0.4) is 0 Å². The van der Waals surface area contributed by atoms with Crippen LogP contribution in [0.5, 0.6) is 0 Å². The predicted molar refractivity (Wildman–Crippen MR) is 96.2 cm³/mol. The molecule has 0 aromatic heterocycles. The molecular weight excluding hydrogens is 298 g/mol. The zero-order chi connectivity index (χ0) is 17.1. The second kappa shape index (κ2) is 5.59. The summed E-state index contributed by atoms with van der Waals surface area (Å²) < 4.78 is 6.27. The summed E-state index contributed by atoms with van der Waals surface area (Å²) >= 11 is 0. The topological polar surface area (TPSA) is 29.5 Å². The fourth-order valence-corrected chi connectivity index (χ4v) is 4.67. The molecule has 1 aromatic carbocycles. The van der Waals surface area contributed by atoms with Gasteiger partial charge in [-0.15, -0.1) is 0 Å². The summed E-state index contributed by atoms with van der Waals surface area (Å²) in [7, 11) is 0. The summed E-state index contributed by atoms with van der Waals surface area (Å²) in [5.41, 5.74) is 3.76. The number of ether oxygens (including phenoxy) is 1. The van der Waals surface area contributed by atoms with Gasteiger partial charge in [0.2, 0.25) is 5.91 Å². The second-order valence-corrected chi connectivity index (χ2v) is 8.84. The minimum atomic E-state index is 0.105. The molecule has 1 amide bonds. The van der Waals surface area contributed by atoms with Gasteiger partial charge in [-0.1, -0.05) is 32.9 Å². The summed E-state index contributed by atoms with van der Waals surface area (Å²) in [5.74, 6) is 1.30. The lowest BCUT2D eigenvalue weighted by molar-refractivity contribution is -0.119. The Morgan fingerprint density at radius 2 is 1.96 bits per heavy atom. The molecule has 2 aliphatic heterocycles. The zero-order valence-corrected chi connectivity index (χ0v) is 15.3. The molecule has 2 fully saturated rings. The predicted octanol–water partition coefficient (Wildman–Crippen LogP) is 4.60. The zero-order valence-electron chi connectivity index (χ0n) is 15.3. The Hall–Kier alpha value is -1.35. The lowest BCUT2D eigenvalue weighted by atomic mass is 9.75. The lowest BCUT2D eigenvalue weighted by Crippen LogP contribution is -2.52. The van der Waals surface area contributed by atoms with Crippen LogP contribution in [0.1, 0.15) is 70.6 Å². The molecule has 3 nitrogen and oxygen atoms in total. The van der Waals surface area contributed by atoms with Crippen molar-refractivity contribution in [1.29, 1.82) is 0 Å². The first-order valence-electron chi connectivity index (χ1n) is 9.44. The molecule has 130 valence electrons. The molecule has 1 saturated heterocycles. The van der Waals surface area contributed by atoms with Crippen molar-refractivity contribution in [2.45, 2.75) is 70.9 Å². The number of hydrogen-bond donors (Lipinski definition) is 0. The van der Waals surface area contributed by atoms with E-state index in [1.807, 2.05) is 0 Å². The van der Waals surface area contributed by atoms with Crippen LogP contribution in [0.4, 0.5) is 5.69 Å². The fourth-order valence-electron chi connectivity index (χ4n) is 4.67. The Labute approximate surface area is 145 Å². The van der Waals surface area contributed by atoms with E-state index >= 15 is 0 Å². The van der Waals surface area contributed by atoms with Gasteiger partial charge in [0, 0.05) is 36.7 Å². The number of amides is 1. The van der Waals surface area contributed by atoms with Crippen LogP contribution in [-0.2, 0) is 14.9 Å². The summed E-state index contributed by atoms with van der Waals surface area (Å²) in [5, 5.41) is 0. The molecule has 1 aromatic rings. The van der Waals surface area contributed by atoms with E-state index in [9.17, 15) is 4.79 Å². The summed E-state index contributed by atoms with van der Waals surface area (Å²) in [6, 6.07) is 7.00.